The molecule has 5 nitrogen and oxygen atoms in total. The smallest absolute Gasteiger partial charge is 0.190 e. The second-order valence-electron chi connectivity index (χ2n) is 5.06. The van der Waals surface area contributed by atoms with Crippen LogP contribution < -0.4 is 10.1 Å². The van der Waals surface area contributed by atoms with Crippen LogP contribution >= 0.6 is 0 Å². The van der Waals surface area contributed by atoms with Crippen LogP contribution in [0.1, 0.15) is 12.8 Å². The van der Waals surface area contributed by atoms with E-state index in [2.05, 4.69) is 5.32 Å². The predicted octanol–water partition coefficient (Wildman–Crippen LogP) is 3.11. The number of anilines is 1. The Morgan fingerprint density at radius 1 is 1.26 bits per heavy atom. The molecular formula is C16H15F2N3O2. The number of nitrogens with one attached hydrogen (secondary N) is 1. The summed E-state index contributed by atoms with van der Waals surface area (Å²) in [6.07, 6.45) is 2.69. The topological polar surface area (TPSA) is 78.1 Å². The maximum atomic E-state index is 14.0. The van der Waals surface area contributed by atoms with Gasteiger partial charge >= 0.3 is 0 Å². The van der Waals surface area contributed by atoms with E-state index in [0.29, 0.717) is 13.2 Å². The Kier molecular flexibility index (Phi) is 5.90. The Morgan fingerprint density at radius 3 is 2.43 bits per heavy atom. The van der Waals surface area contributed by atoms with E-state index in [1.54, 1.807) is 12.1 Å². The highest BCUT2D eigenvalue weighted by Gasteiger charge is 2.18. The van der Waals surface area contributed by atoms with Crippen molar-refractivity contribution in [2.75, 3.05) is 25.1 Å². The van der Waals surface area contributed by atoms with E-state index in [0.717, 1.165) is 31.2 Å². The number of rotatable bonds is 5. The minimum atomic E-state index is -0.844. The Morgan fingerprint density at radius 2 is 1.87 bits per heavy atom. The van der Waals surface area contributed by atoms with Gasteiger partial charge < -0.3 is 14.8 Å². The zero-order chi connectivity index (χ0) is 16.7. The quantitative estimate of drug-likeness (QED) is 0.844. The van der Waals surface area contributed by atoms with Gasteiger partial charge in [-0.1, -0.05) is 0 Å². The number of ether oxygens (including phenoxy) is 2. The first-order valence-electron chi connectivity index (χ1n) is 7.10. The molecule has 0 aromatic heterocycles. The Labute approximate surface area is 132 Å². The van der Waals surface area contributed by atoms with E-state index in [1.807, 2.05) is 0 Å². The van der Waals surface area contributed by atoms with Crippen LogP contribution in [0.4, 0.5) is 14.5 Å². The molecule has 0 amide bonds. The lowest BCUT2D eigenvalue weighted by molar-refractivity contribution is 0.0485. The Bertz CT molecular complexity index is 632. The third kappa shape index (κ3) is 4.67. The molecule has 1 N–H and O–H groups in total. The van der Waals surface area contributed by atoms with Crippen molar-refractivity contribution in [1.82, 2.24) is 0 Å². The molecular weight excluding hydrogens is 304 g/mol. The van der Waals surface area contributed by atoms with Crippen LogP contribution in [0.25, 0.3) is 0 Å². The molecule has 0 aliphatic carbocycles. The molecule has 23 heavy (non-hydrogen) atoms. The van der Waals surface area contributed by atoms with Gasteiger partial charge in [-0.2, -0.15) is 10.5 Å². The average molecular weight is 319 g/mol. The SMILES string of the molecule is N#CC(C#N)=CNc1cc(F)c(OCC2CCOCC2)c(F)c1. The molecule has 0 spiro atoms. The van der Waals surface area contributed by atoms with Crippen LogP contribution in [-0.2, 0) is 4.74 Å². The van der Waals surface area contributed by atoms with Crippen molar-refractivity contribution in [3.05, 3.63) is 35.5 Å². The number of nitrogens with zero attached hydrogens (tertiary/aromatic N) is 2. The van der Waals surface area contributed by atoms with Crippen LogP contribution in [0.5, 0.6) is 5.75 Å². The molecule has 7 heteroatoms. The number of hydrogen-bond acceptors (Lipinski definition) is 5. The highest BCUT2D eigenvalue weighted by atomic mass is 19.1. The minimum Gasteiger partial charge on any atom is -0.487 e. The third-order valence-corrected chi connectivity index (χ3v) is 3.43. The van der Waals surface area contributed by atoms with Crippen molar-refractivity contribution < 1.29 is 18.3 Å². The lowest BCUT2D eigenvalue weighted by Crippen LogP contribution is -2.22. The third-order valence-electron chi connectivity index (χ3n) is 3.43. The molecule has 1 aromatic rings. The zero-order valence-electron chi connectivity index (χ0n) is 12.3. The lowest BCUT2D eigenvalue weighted by atomic mass is 10.0. The second kappa shape index (κ2) is 8.11. The first kappa shape index (κ1) is 16.7. The Hall–Kier alpha value is -2.64. The summed E-state index contributed by atoms with van der Waals surface area (Å²) < 4.78 is 38.4. The highest BCUT2D eigenvalue weighted by molar-refractivity contribution is 5.52. The zero-order valence-corrected chi connectivity index (χ0v) is 12.3. The molecule has 0 unspecified atom stereocenters. The van der Waals surface area contributed by atoms with E-state index in [4.69, 9.17) is 20.0 Å². The molecule has 1 aromatic carbocycles. The summed E-state index contributed by atoms with van der Waals surface area (Å²) in [6.45, 7) is 1.50. The molecule has 0 atom stereocenters. The lowest BCUT2D eigenvalue weighted by Gasteiger charge is -2.22. The first-order chi connectivity index (χ1) is 11.1. The van der Waals surface area contributed by atoms with Crippen LogP contribution in [0.3, 0.4) is 0 Å². The summed E-state index contributed by atoms with van der Waals surface area (Å²) >= 11 is 0. The van der Waals surface area contributed by atoms with Crippen molar-refractivity contribution in [2.24, 2.45) is 5.92 Å². The highest BCUT2D eigenvalue weighted by Crippen LogP contribution is 2.27. The van der Waals surface area contributed by atoms with Crippen LogP contribution in [0.15, 0.2) is 23.9 Å². The van der Waals surface area contributed by atoms with Crippen LogP contribution in [0.2, 0.25) is 0 Å². The minimum absolute atomic E-state index is 0.0846. The molecule has 0 saturated carbocycles. The van der Waals surface area contributed by atoms with E-state index in [9.17, 15) is 8.78 Å². The van der Waals surface area contributed by atoms with Gasteiger partial charge in [-0.15, -0.1) is 0 Å². The van der Waals surface area contributed by atoms with E-state index in [-0.39, 0.29) is 23.8 Å². The normalized spacial score (nSPS) is 14.4. The fourth-order valence-corrected chi connectivity index (χ4v) is 2.14. The number of hydrogen-bond donors (Lipinski definition) is 1. The molecule has 1 fully saturated rings. The summed E-state index contributed by atoms with van der Waals surface area (Å²) in [5.74, 6) is -1.89. The summed E-state index contributed by atoms with van der Waals surface area (Å²) in [4.78, 5) is 0. The van der Waals surface area contributed by atoms with Crippen LogP contribution in [0, 0.1) is 40.2 Å². The maximum Gasteiger partial charge on any atom is 0.190 e. The molecule has 1 saturated heterocycles. The molecule has 120 valence electrons. The van der Waals surface area contributed by atoms with Gasteiger partial charge in [0, 0.05) is 37.2 Å². The van der Waals surface area contributed by atoms with Gasteiger partial charge in [0.25, 0.3) is 0 Å². The number of nitriles is 2. The van der Waals surface area contributed by atoms with Gasteiger partial charge in [0.2, 0.25) is 0 Å². The summed E-state index contributed by atoms with van der Waals surface area (Å²) in [6, 6.07) is 5.36. The van der Waals surface area contributed by atoms with E-state index in [1.165, 1.54) is 0 Å². The number of halogens is 2. The van der Waals surface area contributed by atoms with Gasteiger partial charge in [0.15, 0.2) is 17.4 Å². The number of allylic oxidation sites excluding steroid dienone is 1. The fourth-order valence-electron chi connectivity index (χ4n) is 2.14. The molecule has 0 radical (unpaired) electrons. The molecule has 1 heterocycles. The molecule has 2 rings (SSSR count). The molecule has 1 aliphatic rings. The monoisotopic (exact) mass is 319 g/mol. The second-order valence-corrected chi connectivity index (χ2v) is 5.06. The fraction of sp³-hybridized carbons (Fsp3) is 0.375. The van der Waals surface area contributed by atoms with Crippen LogP contribution in [-0.4, -0.2) is 19.8 Å². The Balaban J connectivity index is 2.03. The van der Waals surface area contributed by atoms with Gasteiger partial charge in [-0.05, 0) is 18.8 Å². The number of benzene rings is 1. The van der Waals surface area contributed by atoms with Gasteiger partial charge in [-0.3, -0.25) is 0 Å². The van der Waals surface area contributed by atoms with Crippen molar-refractivity contribution in [1.29, 1.82) is 10.5 Å². The largest absolute Gasteiger partial charge is 0.487 e. The van der Waals surface area contributed by atoms with Crippen molar-refractivity contribution in [3.8, 4) is 17.9 Å². The van der Waals surface area contributed by atoms with Crippen molar-refractivity contribution in [2.45, 2.75) is 12.8 Å². The van der Waals surface area contributed by atoms with Gasteiger partial charge in [0.05, 0.1) is 6.61 Å². The summed E-state index contributed by atoms with van der Waals surface area (Å²) in [5, 5.41) is 19.7. The predicted molar refractivity (Wildman–Crippen MR) is 78.3 cm³/mol. The molecule has 1 aliphatic heterocycles. The first-order valence-corrected chi connectivity index (χ1v) is 7.10. The summed E-state index contributed by atoms with van der Waals surface area (Å²) in [5.41, 5.74) is -0.118. The van der Waals surface area contributed by atoms with E-state index >= 15 is 0 Å². The average Bonchev–Trinajstić information content (AvgIpc) is 2.56. The summed E-state index contributed by atoms with van der Waals surface area (Å²) in [7, 11) is 0. The maximum absolute atomic E-state index is 14.0. The van der Waals surface area contributed by atoms with Gasteiger partial charge in [0.1, 0.15) is 17.7 Å². The van der Waals surface area contributed by atoms with Gasteiger partial charge in [-0.25, -0.2) is 8.78 Å². The van der Waals surface area contributed by atoms with Crippen molar-refractivity contribution >= 4 is 5.69 Å². The standard InChI is InChI=1S/C16H15F2N3O2/c17-14-5-13(21-9-12(7-19)8-20)6-15(18)16(14)23-10-11-1-3-22-4-2-11/h5-6,9,11,21H,1-4,10H2. The van der Waals surface area contributed by atoms with E-state index < -0.39 is 17.4 Å². The van der Waals surface area contributed by atoms with Crippen molar-refractivity contribution in [3.63, 3.8) is 0 Å². The molecule has 0 bridgehead atoms.